The van der Waals surface area contributed by atoms with Crippen LogP contribution >= 0.6 is 0 Å². The van der Waals surface area contributed by atoms with Crippen molar-refractivity contribution < 1.29 is 24.2 Å². The summed E-state index contributed by atoms with van der Waals surface area (Å²) in [4.78, 5) is 28.6. The van der Waals surface area contributed by atoms with Gasteiger partial charge in [-0.2, -0.15) is 0 Å². The Morgan fingerprint density at radius 1 is 0.973 bits per heavy atom. The largest absolute Gasteiger partial charge is 0.507 e. The first-order valence-electron chi connectivity index (χ1n) is 12.2. The highest BCUT2D eigenvalue weighted by atomic mass is 16.5. The fourth-order valence-corrected chi connectivity index (χ4v) is 5.37. The van der Waals surface area contributed by atoms with Gasteiger partial charge in [-0.1, -0.05) is 48.5 Å². The predicted molar refractivity (Wildman–Crippen MR) is 142 cm³/mol. The molecule has 2 aliphatic heterocycles. The molecular weight excluding hydrogens is 466 g/mol. The van der Waals surface area contributed by atoms with Gasteiger partial charge in [-0.25, -0.2) is 0 Å². The van der Waals surface area contributed by atoms with E-state index in [4.69, 9.17) is 9.47 Å². The molecule has 0 aliphatic carbocycles. The van der Waals surface area contributed by atoms with Crippen LogP contribution in [0.15, 0.2) is 90.5 Å². The van der Waals surface area contributed by atoms with Crippen LogP contribution in [0.25, 0.3) is 16.5 Å². The van der Waals surface area contributed by atoms with Gasteiger partial charge in [0.25, 0.3) is 11.7 Å². The molecule has 6 heteroatoms. The summed E-state index contributed by atoms with van der Waals surface area (Å²) >= 11 is 0. The van der Waals surface area contributed by atoms with Crippen LogP contribution in [0.5, 0.6) is 11.5 Å². The van der Waals surface area contributed by atoms with E-state index >= 15 is 0 Å². The van der Waals surface area contributed by atoms with Gasteiger partial charge in [-0.15, -0.1) is 0 Å². The number of hydrogen-bond donors (Lipinski definition) is 1. The number of carbonyl (C=O) groups is 2. The van der Waals surface area contributed by atoms with Gasteiger partial charge in [-0.3, -0.25) is 14.5 Å². The number of aliphatic hydroxyl groups is 1. The monoisotopic (exact) mass is 491 g/mol. The highest BCUT2D eigenvalue weighted by molar-refractivity contribution is 6.52. The SMILES string of the molecule is COc1cccc(N2C(=O)C(=O)/C(=C(\O)c3ccc4c(c3)CC(C)O4)C2c2cccc3ccccc23)c1. The molecule has 1 fully saturated rings. The summed E-state index contributed by atoms with van der Waals surface area (Å²) in [7, 11) is 1.55. The van der Waals surface area contributed by atoms with Crippen molar-refractivity contribution in [3.05, 3.63) is 107 Å². The second-order valence-electron chi connectivity index (χ2n) is 9.39. The molecule has 0 bridgehead atoms. The first kappa shape index (κ1) is 22.9. The molecule has 0 saturated carbocycles. The number of benzene rings is 4. The highest BCUT2D eigenvalue weighted by Gasteiger charge is 2.47. The zero-order chi connectivity index (χ0) is 25.7. The molecule has 184 valence electrons. The maximum atomic E-state index is 13.6. The van der Waals surface area contributed by atoms with Crippen LogP contribution in [-0.2, 0) is 16.0 Å². The van der Waals surface area contributed by atoms with Crippen LogP contribution in [0, 0.1) is 0 Å². The first-order valence-corrected chi connectivity index (χ1v) is 12.2. The molecule has 1 amide bonds. The lowest BCUT2D eigenvalue weighted by atomic mass is 9.91. The molecule has 2 aliphatic rings. The lowest BCUT2D eigenvalue weighted by Crippen LogP contribution is -2.29. The van der Waals surface area contributed by atoms with Gasteiger partial charge >= 0.3 is 0 Å². The Bertz CT molecular complexity index is 1600. The van der Waals surface area contributed by atoms with E-state index in [1.807, 2.05) is 55.5 Å². The van der Waals surface area contributed by atoms with Gasteiger partial charge in [0.2, 0.25) is 0 Å². The Balaban J connectivity index is 1.60. The Kier molecular flexibility index (Phi) is 5.45. The Morgan fingerprint density at radius 2 is 1.76 bits per heavy atom. The van der Waals surface area contributed by atoms with Crippen LogP contribution in [0.2, 0.25) is 0 Å². The van der Waals surface area contributed by atoms with E-state index < -0.39 is 17.7 Å². The lowest BCUT2D eigenvalue weighted by molar-refractivity contribution is -0.132. The third kappa shape index (κ3) is 3.73. The molecule has 1 N–H and O–H groups in total. The maximum absolute atomic E-state index is 13.6. The van der Waals surface area contributed by atoms with Gasteiger partial charge in [0, 0.05) is 23.7 Å². The van der Waals surface area contributed by atoms with Crippen molar-refractivity contribution in [1.82, 2.24) is 0 Å². The van der Waals surface area contributed by atoms with Crippen LogP contribution in [-0.4, -0.2) is 30.0 Å². The zero-order valence-corrected chi connectivity index (χ0v) is 20.5. The summed E-state index contributed by atoms with van der Waals surface area (Å²) < 4.78 is 11.2. The fraction of sp³-hybridized carbons (Fsp3) is 0.161. The molecule has 6 nitrogen and oxygen atoms in total. The topological polar surface area (TPSA) is 76.1 Å². The number of ketones is 1. The maximum Gasteiger partial charge on any atom is 0.300 e. The van der Waals surface area contributed by atoms with Gasteiger partial charge in [0.05, 0.1) is 18.7 Å². The third-order valence-corrected chi connectivity index (χ3v) is 7.06. The van der Waals surface area contributed by atoms with Crippen molar-refractivity contribution in [3.8, 4) is 11.5 Å². The molecule has 1 saturated heterocycles. The summed E-state index contributed by atoms with van der Waals surface area (Å²) in [6.45, 7) is 1.99. The molecule has 0 aromatic heterocycles. The standard InChI is InChI=1S/C31H25NO5/c1-18-15-21-16-20(13-14-26(21)37-18)29(33)27-28(25-12-5-8-19-7-3-4-11-24(19)25)32(31(35)30(27)34)22-9-6-10-23(17-22)36-2/h3-14,16-18,28,33H,15H2,1-2H3/b29-27-. The highest BCUT2D eigenvalue weighted by Crippen LogP contribution is 2.45. The second kappa shape index (κ2) is 8.82. The molecule has 2 unspecified atom stereocenters. The van der Waals surface area contributed by atoms with Crippen molar-refractivity contribution in [2.75, 3.05) is 12.0 Å². The Labute approximate surface area is 214 Å². The smallest absolute Gasteiger partial charge is 0.300 e. The third-order valence-electron chi connectivity index (χ3n) is 7.06. The van der Waals surface area contributed by atoms with E-state index in [1.54, 1.807) is 43.5 Å². The molecule has 37 heavy (non-hydrogen) atoms. The minimum Gasteiger partial charge on any atom is -0.507 e. The lowest BCUT2D eigenvalue weighted by Gasteiger charge is -2.26. The minimum atomic E-state index is -0.832. The average molecular weight is 492 g/mol. The summed E-state index contributed by atoms with van der Waals surface area (Å²) in [5.41, 5.74) is 2.75. The van der Waals surface area contributed by atoms with Crippen molar-refractivity contribution in [2.24, 2.45) is 0 Å². The Morgan fingerprint density at radius 3 is 2.59 bits per heavy atom. The predicted octanol–water partition coefficient (Wildman–Crippen LogP) is 5.80. The fourth-order valence-electron chi connectivity index (χ4n) is 5.37. The summed E-state index contributed by atoms with van der Waals surface area (Å²) in [5, 5.41) is 13.5. The molecular formula is C31H25NO5. The van der Waals surface area contributed by atoms with Crippen molar-refractivity contribution >= 4 is 33.9 Å². The molecule has 6 rings (SSSR count). The number of rotatable bonds is 4. The number of amides is 1. The summed E-state index contributed by atoms with van der Waals surface area (Å²) in [6, 6.07) is 25.2. The number of aliphatic hydroxyl groups excluding tert-OH is 1. The number of methoxy groups -OCH3 is 1. The number of ether oxygens (including phenoxy) is 2. The van der Waals surface area contributed by atoms with E-state index in [1.165, 1.54) is 4.90 Å². The summed E-state index contributed by atoms with van der Waals surface area (Å²) in [5.74, 6) is -0.312. The number of nitrogens with zero attached hydrogens (tertiary/aromatic N) is 1. The quantitative estimate of drug-likeness (QED) is 0.222. The van der Waals surface area contributed by atoms with E-state index in [0.717, 1.165) is 27.6 Å². The van der Waals surface area contributed by atoms with E-state index in [0.29, 0.717) is 23.4 Å². The molecule has 2 heterocycles. The average Bonchev–Trinajstić information content (AvgIpc) is 3.43. The number of carbonyl (C=O) groups excluding carboxylic acids is 2. The van der Waals surface area contributed by atoms with E-state index in [2.05, 4.69) is 0 Å². The van der Waals surface area contributed by atoms with Crippen molar-refractivity contribution in [1.29, 1.82) is 0 Å². The van der Waals surface area contributed by atoms with Crippen LogP contribution in [0.3, 0.4) is 0 Å². The van der Waals surface area contributed by atoms with E-state index in [-0.39, 0.29) is 17.4 Å². The number of fused-ring (bicyclic) bond motifs is 2. The van der Waals surface area contributed by atoms with Gasteiger partial charge in [0.1, 0.15) is 23.4 Å². The van der Waals surface area contributed by atoms with Crippen LogP contribution in [0.4, 0.5) is 5.69 Å². The Hall–Kier alpha value is -4.58. The van der Waals surface area contributed by atoms with Gasteiger partial charge in [-0.05, 0) is 59.2 Å². The molecule has 0 spiro atoms. The van der Waals surface area contributed by atoms with Crippen molar-refractivity contribution in [2.45, 2.75) is 25.5 Å². The van der Waals surface area contributed by atoms with E-state index in [9.17, 15) is 14.7 Å². The van der Waals surface area contributed by atoms with Gasteiger partial charge < -0.3 is 14.6 Å². The number of Topliss-reactive ketones (excluding diaryl/α,β-unsaturated/α-hetero) is 1. The molecule has 2 atom stereocenters. The normalized spacial score (nSPS) is 20.2. The summed E-state index contributed by atoms with van der Waals surface area (Å²) in [6.07, 6.45) is 0.753. The van der Waals surface area contributed by atoms with Crippen LogP contribution < -0.4 is 14.4 Å². The second-order valence-corrected chi connectivity index (χ2v) is 9.39. The number of anilines is 1. The molecule has 4 aromatic carbocycles. The number of hydrogen-bond acceptors (Lipinski definition) is 5. The molecule has 4 aromatic rings. The van der Waals surface area contributed by atoms with Crippen molar-refractivity contribution in [3.63, 3.8) is 0 Å². The minimum absolute atomic E-state index is 0.0433. The first-order chi connectivity index (χ1) is 18.0. The van der Waals surface area contributed by atoms with Gasteiger partial charge in [0.15, 0.2) is 0 Å². The van der Waals surface area contributed by atoms with Crippen LogP contribution in [0.1, 0.15) is 29.7 Å². The zero-order valence-electron chi connectivity index (χ0n) is 20.5. The molecule has 0 radical (unpaired) electrons.